The molecule has 0 fully saturated rings. The van der Waals surface area contributed by atoms with E-state index in [4.69, 9.17) is 0 Å². The maximum atomic E-state index is 13.1. The molecule has 0 unspecified atom stereocenters. The Morgan fingerprint density at radius 2 is 1.61 bits per heavy atom. The highest BCUT2D eigenvalue weighted by atomic mass is 19.1. The van der Waals surface area contributed by atoms with Crippen molar-refractivity contribution in [3.05, 3.63) is 65.6 Å². The van der Waals surface area contributed by atoms with Crippen LogP contribution in [0.1, 0.15) is 25.1 Å². The lowest BCUT2D eigenvalue weighted by Gasteiger charge is -2.22. The fourth-order valence-electron chi connectivity index (χ4n) is 3.06. The second-order valence-electron chi connectivity index (χ2n) is 6.65. The van der Waals surface area contributed by atoms with Crippen LogP contribution in [0.2, 0.25) is 0 Å². The Balaban J connectivity index is 1.80. The van der Waals surface area contributed by atoms with Crippen molar-refractivity contribution >= 4 is 28.8 Å². The van der Waals surface area contributed by atoms with Gasteiger partial charge >= 0.3 is 0 Å². The molecule has 2 N–H and O–H groups in total. The lowest BCUT2D eigenvalue weighted by atomic mass is 10.1. The van der Waals surface area contributed by atoms with E-state index < -0.39 is 0 Å². The summed E-state index contributed by atoms with van der Waals surface area (Å²) in [5.74, 6) is 0.893. The Morgan fingerprint density at radius 3 is 2.25 bits per heavy atom. The van der Waals surface area contributed by atoms with Crippen molar-refractivity contribution in [1.82, 2.24) is 9.97 Å². The van der Waals surface area contributed by atoms with E-state index >= 15 is 0 Å². The number of rotatable bonds is 7. The molecule has 0 saturated heterocycles. The predicted octanol–water partition coefficient (Wildman–Crippen LogP) is 5.57. The lowest BCUT2D eigenvalue weighted by molar-refractivity contribution is 0.628. The molecule has 0 bridgehead atoms. The minimum absolute atomic E-state index is 0.276. The maximum absolute atomic E-state index is 13.1. The molecule has 0 atom stereocenters. The molecule has 3 aromatic rings. The first-order valence-corrected chi connectivity index (χ1v) is 9.49. The second-order valence-corrected chi connectivity index (χ2v) is 6.65. The van der Waals surface area contributed by atoms with E-state index in [0.29, 0.717) is 11.8 Å². The highest BCUT2D eigenvalue weighted by Crippen LogP contribution is 2.26. The van der Waals surface area contributed by atoms with Gasteiger partial charge in [0.2, 0.25) is 5.95 Å². The van der Waals surface area contributed by atoms with Gasteiger partial charge in [-0.2, -0.15) is 4.98 Å². The van der Waals surface area contributed by atoms with Gasteiger partial charge in [0.1, 0.15) is 11.6 Å². The van der Waals surface area contributed by atoms with Crippen molar-refractivity contribution in [1.29, 1.82) is 0 Å². The average molecular weight is 379 g/mol. The van der Waals surface area contributed by atoms with Crippen LogP contribution in [0.25, 0.3) is 0 Å². The monoisotopic (exact) mass is 379 g/mol. The first-order valence-electron chi connectivity index (χ1n) is 9.49. The molecule has 0 amide bonds. The van der Waals surface area contributed by atoms with Crippen LogP contribution in [0.4, 0.5) is 33.2 Å². The SMILES string of the molecule is CCN(CC)c1ccc(Nc2cc(C)nc(Nc3ccc(F)cc3)n2)c(C)c1. The normalized spacial score (nSPS) is 10.6. The molecule has 3 rings (SSSR count). The third kappa shape index (κ3) is 4.76. The number of aryl methyl sites for hydroxylation is 2. The van der Waals surface area contributed by atoms with Crippen molar-refractivity contribution in [3.63, 3.8) is 0 Å². The summed E-state index contributed by atoms with van der Waals surface area (Å²) in [6, 6.07) is 14.4. The molecule has 5 nitrogen and oxygen atoms in total. The Kier molecular flexibility index (Phi) is 6.09. The van der Waals surface area contributed by atoms with Gasteiger partial charge in [-0.3, -0.25) is 0 Å². The summed E-state index contributed by atoms with van der Waals surface area (Å²) < 4.78 is 13.1. The highest BCUT2D eigenvalue weighted by molar-refractivity contribution is 5.66. The average Bonchev–Trinajstić information content (AvgIpc) is 2.66. The molecule has 0 aliphatic heterocycles. The minimum atomic E-state index is -0.276. The molecule has 1 aromatic heterocycles. The van der Waals surface area contributed by atoms with Crippen LogP contribution in [-0.4, -0.2) is 23.1 Å². The number of halogens is 1. The largest absolute Gasteiger partial charge is 0.372 e. The van der Waals surface area contributed by atoms with Crippen LogP contribution in [0.3, 0.4) is 0 Å². The number of nitrogens with one attached hydrogen (secondary N) is 2. The molecule has 1 heterocycles. The number of hydrogen-bond acceptors (Lipinski definition) is 5. The summed E-state index contributed by atoms with van der Waals surface area (Å²) >= 11 is 0. The number of nitrogens with zero attached hydrogens (tertiary/aromatic N) is 3. The summed E-state index contributed by atoms with van der Waals surface area (Å²) in [6.07, 6.45) is 0. The molecular weight excluding hydrogens is 353 g/mol. The number of aromatic nitrogens is 2. The third-order valence-electron chi connectivity index (χ3n) is 4.56. The molecule has 0 aliphatic carbocycles. The second kappa shape index (κ2) is 8.69. The van der Waals surface area contributed by atoms with Gasteiger partial charge in [0.15, 0.2) is 0 Å². The summed E-state index contributed by atoms with van der Waals surface area (Å²) in [7, 11) is 0. The van der Waals surface area contributed by atoms with E-state index in [2.05, 4.69) is 64.5 Å². The summed E-state index contributed by atoms with van der Waals surface area (Å²) in [5, 5.41) is 6.50. The summed E-state index contributed by atoms with van der Waals surface area (Å²) in [4.78, 5) is 11.3. The Bertz CT molecular complexity index is 936. The van der Waals surface area contributed by atoms with E-state index in [1.807, 2.05) is 13.0 Å². The molecule has 28 heavy (non-hydrogen) atoms. The van der Waals surface area contributed by atoms with Gasteiger partial charge in [0.05, 0.1) is 0 Å². The Hall–Kier alpha value is -3.15. The van der Waals surface area contributed by atoms with E-state index in [1.165, 1.54) is 17.8 Å². The standard InChI is InChI=1S/C22H26FN5/c1-5-28(6-2)19-11-12-20(15(3)13-19)26-21-14-16(4)24-22(27-21)25-18-9-7-17(23)8-10-18/h7-14H,5-6H2,1-4H3,(H2,24,25,26,27). The van der Waals surface area contributed by atoms with E-state index in [1.54, 1.807) is 12.1 Å². The van der Waals surface area contributed by atoms with Crippen molar-refractivity contribution < 1.29 is 4.39 Å². The topological polar surface area (TPSA) is 53.1 Å². The van der Waals surface area contributed by atoms with Crippen molar-refractivity contribution in [2.24, 2.45) is 0 Å². The molecule has 0 saturated carbocycles. The Labute approximate surface area is 165 Å². The molecule has 6 heteroatoms. The van der Waals surface area contributed by atoms with Gasteiger partial charge in [-0.15, -0.1) is 0 Å². The number of hydrogen-bond donors (Lipinski definition) is 2. The van der Waals surface area contributed by atoms with Crippen LogP contribution in [0.5, 0.6) is 0 Å². The van der Waals surface area contributed by atoms with E-state index in [-0.39, 0.29) is 5.82 Å². The van der Waals surface area contributed by atoms with Crippen LogP contribution >= 0.6 is 0 Å². The molecule has 0 radical (unpaired) electrons. The molecule has 0 aliphatic rings. The third-order valence-corrected chi connectivity index (χ3v) is 4.56. The van der Waals surface area contributed by atoms with Gasteiger partial charge in [0.25, 0.3) is 0 Å². The maximum Gasteiger partial charge on any atom is 0.229 e. The zero-order valence-electron chi connectivity index (χ0n) is 16.8. The molecular formula is C22H26FN5. The first kappa shape index (κ1) is 19.6. The van der Waals surface area contributed by atoms with Gasteiger partial charge < -0.3 is 15.5 Å². The quantitative estimate of drug-likeness (QED) is 0.562. The van der Waals surface area contributed by atoms with E-state index in [0.717, 1.165) is 35.7 Å². The molecule has 0 spiro atoms. The van der Waals surface area contributed by atoms with Crippen LogP contribution < -0.4 is 15.5 Å². The Morgan fingerprint density at radius 1 is 0.893 bits per heavy atom. The highest BCUT2D eigenvalue weighted by Gasteiger charge is 2.08. The van der Waals surface area contributed by atoms with Gasteiger partial charge in [-0.05, 0) is 75.7 Å². The molecule has 146 valence electrons. The molecule has 2 aromatic carbocycles. The first-order chi connectivity index (χ1) is 13.5. The van der Waals surface area contributed by atoms with Crippen LogP contribution in [0, 0.1) is 19.7 Å². The smallest absolute Gasteiger partial charge is 0.229 e. The van der Waals surface area contributed by atoms with Crippen molar-refractivity contribution in [2.45, 2.75) is 27.7 Å². The van der Waals surface area contributed by atoms with Gasteiger partial charge in [-0.1, -0.05) is 0 Å². The van der Waals surface area contributed by atoms with Crippen molar-refractivity contribution in [3.8, 4) is 0 Å². The van der Waals surface area contributed by atoms with Crippen LogP contribution in [0.15, 0.2) is 48.5 Å². The summed E-state index contributed by atoms with van der Waals surface area (Å²) in [5.41, 5.74) is 4.93. The predicted molar refractivity (Wildman–Crippen MR) is 114 cm³/mol. The summed E-state index contributed by atoms with van der Waals surface area (Å²) in [6.45, 7) is 10.3. The fourth-order valence-corrected chi connectivity index (χ4v) is 3.06. The zero-order chi connectivity index (χ0) is 20.1. The lowest BCUT2D eigenvalue weighted by Crippen LogP contribution is -2.21. The van der Waals surface area contributed by atoms with Gasteiger partial charge in [0, 0.05) is 41.9 Å². The fraction of sp³-hybridized carbons (Fsp3) is 0.273. The number of benzene rings is 2. The van der Waals surface area contributed by atoms with Crippen LogP contribution in [-0.2, 0) is 0 Å². The zero-order valence-corrected chi connectivity index (χ0v) is 16.8. The minimum Gasteiger partial charge on any atom is -0.372 e. The van der Waals surface area contributed by atoms with E-state index in [9.17, 15) is 4.39 Å². The van der Waals surface area contributed by atoms with Gasteiger partial charge in [-0.25, -0.2) is 9.37 Å². The number of anilines is 5. The van der Waals surface area contributed by atoms with Crippen molar-refractivity contribution in [2.75, 3.05) is 28.6 Å².